The number of carbonyl (C=O) groups excluding carboxylic acids is 4. The fourth-order valence-electron chi connectivity index (χ4n) is 2.39. The van der Waals surface area contributed by atoms with Gasteiger partial charge in [0.25, 0.3) is 0 Å². The van der Waals surface area contributed by atoms with Crippen molar-refractivity contribution in [2.75, 3.05) is 6.61 Å². The molecule has 10 heteroatoms. The Bertz CT molecular complexity index is 557. The Labute approximate surface area is 150 Å². The van der Waals surface area contributed by atoms with Gasteiger partial charge < -0.3 is 28.4 Å². The van der Waals surface area contributed by atoms with E-state index in [4.69, 9.17) is 28.4 Å². The second-order valence-electron chi connectivity index (χ2n) is 5.37. The zero-order valence-electron chi connectivity index (χ0n) is 15.0. The molecule has 0 aromatic rings. The van der Waals surface area contributed by atoms with Gasteiger partial charge in [0.2, 0.25) is 12.4 Å². The summed E-state index contributed by atoms with van der Waals surface area (Å²) < 4.78 is 31.2. The normalized spacial score (nSPS) is 27.6. The maximum Gasteiger partial charge on any atom is 0.303 e. The smallest absolute Gasteiger partial charge is 0.303 e. The molecule has 1 fully saturated rings. The van der Waals surface area contributed by atoms with Crippen molar-refractivity contribution < 1.29 is 47.6 Å². The lowest BCUT2D eigenvalue weighted by Crippen LogP contribution is -2.62. The van der Waals surface area contributed by atoms with Crippen LogP contribution < -0.4 is 0 Å². The van der Waals surface area contributed by atoms with Crippen LogP contribution in [0.25, 0.3) is 0 Å². The quantitative estimate of drug-likeness (QED) is 0.347. The predicted molar refractivity (Wildman–Crippen MR) is 83.2 cm³/mol. The predicted octanol–water partition coefficient (Wildman–Crippen LogP) is 0.230. The summed E-state index contributed by atoms with van der Waals surface area (Å²) in [6, 6.07) is 0. The van der Waals surface area contributed by atoms with Crippen LogP contribution in [0.5, 0.6) is 0 Å². The van der Waals surface area contributed by atoms with Crippen LogP contribution >= 0.6 is 0 Å². The maximum atomic E-state index is 11.5. The van der Waals surface area contributed by atoms with E-state index in [0.717, 1.165) is 27.0 Å². The number of carbonyl (C=O) groups is 4. The van der Waals surface area contributed by atoms with E-state index in [-0.39, 0.29) is 6.61 Å². The van der Waals surface area contributed by atoms with E-state index < -0.39 is 54.6 Å². The SMILES string of the molecule is C=COC1O[C@H](COC(C)=O)[C@@H](OC(C)=O)[C@H](OC(C)=O)C1OC(C)=O. The summed E-state index contributed by atoms with van der Waals surface area (Å²) in [6.45, 7) is 7.69. The number of esters is 4. The van der Waals surface area contributed by atoms with Crippen LogP contribution in [-0.2, 0) is 47.6 Å². The zero-order valence-corrected chi connectivity index (χ0v) is 15.0. The summed E-state index contributed by atoms with van der Waals surface area (Å²) in [5.74, 6) is -2.71. The molecular weight excluding hydrogens is 352 g/mol. The van der Waals surface area contributed by atoms with E-state index in [2.05, 4.69) is 6.58 Å². The molecule has 0 aliphatic carbocycles. The minimum atomic E-state index is -1.25. The maximum absolute atomic E-state index is 11.5. The lowest BCUT2D eigenvalue weighted by atomic mass is 9.98. The summed E-state index contributed by atoms with van der Waals surface area (Å²) in [6.07, 6.45) is -4.92. The van der Waals surface area contributed by atoms with Crippen LogP contribution in [-0.4, -0.2) is 61.2 Å². The molecule has 0 radical (unpaired) electrons. The van der Waals surface area contributed by atoms with Gasteiger partial charge in [-0.3, -0.25) is 19.2 Å². The Hall–Kier alpha value is -2.62. The fraction of sp³-hybridized carbons (Fsp3) is 0.625. The van der Waals surface area contributed by atoms with Crippen molar-refractivity contribution >= 4 is 23.9 Å². The molecule has 1 aliphatic rings. The number of hydrogen-bond acceptors (Lipinski definition) is 10. The summed E-state index contributed by atoms with van der Waals surface area (Å²) in [5.41, 5.74) is 0. The van der Waals surface area contributed by atoms with Gasteiger partial charge in [-0.2, -0.15) is 0 Å². The van der Waals surface area contributed by atoms with Crippen molar-refractivity contribution in [1.82, 2.24) is 0 Å². The lowest BCUT2D eigenvalue weighted by Gasteiger charge is -2.43. The van der Waals surface area contributed by atoms with Crippen molar-refractivity contribution in [3.63, 3.8) is 0 Å². The van der Waals surface area contributed by atoms with Crippen molar-refractivity contribution in [2.24, 2.45) is 0 Å². The lowest BCUT2D eigenvalue weighted by molar-refractivity contribution is -0.297. The molecule has 10 nitrogen and oxygen atoms in total. The summed E-state index contributed by atoms with van der Waals surface area (Å²) in [7, 11) is 0. The number of rotatable bonds is 7. The standard InChI is InChI=1S/C16H22O10/c1-6-21-16-15(25-11(5)20)14(24-10(4)19)13(23-9(3)18)12(26-16)7-22-8(2)17/h6,12-16H,1,7H2,2-5H3/t12-,13-,14+,15?,16?/m1/s1. The third-order valence-electron chi connectivity index (χ3n) is 3.18. The number of hydrogen-bond donors (Lipinski definition) is 0. The molecule has 0 saturated carbocycles. The molecule has 0 aromatic carbocycles. The molecule has 1 saturated heterocycles. The first-order valence-electron chi connectivity index (χ1n) is 7.72. The van der Waals surface area contributed by atoms with Crippen LogP contribution in [0.15, 0.2) is 12.8 Å². The van der Waals surface area contributed by atoms with Gasteiger partial charge in [0.1, 0.15) is 12.7 Å². The highest BCUT2D eigenvalue weighted by atomic mass is 16.7. The summed E-state index contributed by atoms with van der Waals surface area (Å²) in [5, 5.41) is 0. The number of ether oxygens (including phenoxy) is 6. The first-order chi connectivity index (χ1) is 12.1. The second-order valence-corrected chi connectivity index (χ2v) is 5.37. The average molecular weight is 374 g/mol. The van der Waals surface area contributed by atoms with E-state index in [1.807, 2.05) is 0 Å². The van der Waals surface area contributed by atoms with Gasteiger partial charge >= 0.3 is 23.9 Å². The third-order valence-corrected chi connectivity index (χ3v) is 3.18. The minimum Gasteiger partial charge on any atom is -0.469 e. The van der Waals surface area contributed by atoms with Crippen LogP contribution in [0.4, 0.5) is 0 Å². The molecule has 1 aliphatic heterocycles. The van der Waals surface area contributed by atoms with Gasteiger partial charge in [-0.05, 0) is 0 Å². The Kier molecular flexibility index (Phi) is 8.04. The van der Waals surface area contributed by atoms with Gasteiger partial charge in [-0.25, -0.2) is 0 Å². The molecule has 0 amide bonds. The molecule has 0 N–H and O–H groups in total. The van der Waals surface area contributed by atoms with Gasteiger partial charge in [0, 0.05) is 27.7 Å². The van der Waals surface area contributed by atoms with Crippen LogP contribution in [0.2, 0.25) is 0 Å². The highest BCUT2D eigenvalue weighted by Gasteiger charge is 2.53. The van der Waals surface area contributed by atoms with Gasteiger partial charge in [0.15, 0.2) is 12.2 Å². The molecular formula is C16H22O10. The molecule has 146 valence electrons. The van der Waals surface area contributed by atoms with Crippen molar-refractivity contribution in [3.05, 3.63) is 12.8 Å². The molecule has 1 heterocycles. The molecule has 1 rings (SSSR count). The Morgan fingerprint density at radius 3 is 1.81 bits per heavy atom. The third kappa shape index (κ3) is 6.36. The van der Waals surface area contributed by atoms with Crippen LogP contribution in [0.3, 0.4) is 0 Å². The monoisotopic (exact) mass is 374 g/mol. The van der Waals surface area contributed by atoms with Crippen LogP contribution in [0.1, 0.15) is 27.7 Å². The van der Waals surface area contributed by atoms with Gasteiger partial charge in [0.05, 0.1) is 6.26 Å². The second kappa shape index (κ2) is 9.76. The zero-order chi connectivity index (χ0) is 19.9. The summed E-state index contributed by atoms with van der Waals surface area (Å²) >= 11 is 0. The van der Waals surface area contributed by atoms with Crippen molar-refractivity contribution in [2.45, 2.75) is 58.4 Å². The fourth-order valence-corrected chi connectivity index (χ4v) is 2.39. The van der Waals surface area contributed by atoms with Gasteiger partial charge in [-0.1, -0.05) is 6.58 Å². The van der Waals surface area contributed by atoms with Crippen molar-refractivity contribution in [1.29, 1.82) is 0 Å². The Balaban J connectivity index is 3.24. The molecule has 0 bridgehead atoms. The minimum absolute atomic E-state index is 0.311. The van der Waals surface area contributed by atoms with Crippen LogP contribution in [0, 0.1) is 0 Å². The van der Waals surface area contributed by atoms with E-state index >= 15 is 0 Å². The van der Waals surface area contributed by atoms with E-state index in [0.29, 0.717) is 0 Å². The largest absolute Gasteiger partial charge is 0.469 e. The van der Waals surface area contributed by atoms with E-state index in [9.17, 15) is 19.2 Å². The Morgan fingerprint density at radius 2 is 1.35 bits per heavy atom. The Morgan fingerprint density at radius 1 is 0.846 bits per heavy atom. The van der Waals surface area contributed by atoms with Gasteiger partial charge in [-0.15, -0.1) is 0 Å². The molecule has 26 heavy (non-hydrogen) atoms. The topological polar surface area (TPSA) is 124 Å². The van der Waals surface area contributed by atoms with E-state index in [1.54, 1.807) is 0 Å². The van der Waals surface area contributed by atoms with Crippen molar-refractivity contribution in [3.8, 4) is 0 Å². The first kappa shape index (κ1) is 21.4. The average Bonchev–Trinajstić information content (AvgIpc) is 2.50. The molecule has 5 atom stereocenters. The highest BCUT2D eigenvalue weighted by Crippen LogP contribution is 2.29. The van der Waals surface area contributed by atoms with E-state index in [1.165, 1.54) is 6.92 Å². The highest BCUT2D eigenvalue weighted by molar-refractivity contribution is 5.68. The summed E-state index contributed by atoms with van der Waals surface area (Å²) in [4.78, 5) is 45.5. The molecule has 0 spiro atoms. The molecule has 0 aromatic heterocycles. The molecule has 2 unspecified atom stereocenters. The first-order valence-corrected chi connectivity index (χ1v) is 7.72.